The molecule has 18 heavy (non-hydrogen) atoms. The first-order valence-corrected chi connectivity index (χ1v) is 6.63. The predicted octanol–water partition coefficient (Wildman–Crippen LogP) is 3.94. The van der Waals surface area contributed by atoms with Crippen LogP contribution < -0.4 is 0 Å². The molecule has 3 aliphatic carbocycles. The molecule has 0 spiro atoms. The maximum absolute atomic E-state index is 10.2. The van der Waals surface area contributed by atoms with Crippen LogP contribution >= 0.6 is 0 Å². The summed E-state index contributed by atoms with van der Waals surface area (Å²) in [6.45, 7) is 2.32. The van der Waals surface area contributed by atoms with Crippen LogP contribution in [0.15, 0.2) is 42.5 Å². The van der Waals surface area contributed by atoms with Gasteiger partial charge in [0.25, 0.3) is 0 Å². The number of phenolic OH excluding ortho intramolecular Hbond substituents is 1. The lowest BCUT2D eigenvalue weighted by atomic mass is 9.56. The molecule has 1 N–H and O–H groups in total. The highest BCUT2D eigenvalue weighted by atomic mass is 16.3. The summed E-state index contributed by atoms with van der Waals surface area (Å²) in [5.41, 5.74) is 5.46. The van der Waals surface area contributed by atoms with Crippen LogP contribution in [-0.2, 0) is 5.41 Å². The normalized spacial score (nSPS) is 27.7. The average Bonchev–Trinajstić information content (AvgIpc) is 2.40. The number of benzene rings is 2. The van der Waals surface area contributed by atoms with E-state index in [9.17, 15) is 5.11 Å². The molecule has 0 saturated heterocycles. The quantitative estimate of drug-likeness (QED) is 0.734. The molecule has 0 fully saturated rings. The molecule has 2 bridgehead atoms. The molecule has 0 heterocycles. The van der Waals surface area contributed by atoms with Crippen LogP contribution in [0.3, 0.4) is 0 Å². The standard InChI is InChI=1S/C17H16O/c1-17-10-9-12(11-5-2-3-6-13(11)17)16-14(17)7-4-8-15(16)18/h2-8,12,18H,9-10H2,1H3. The van der Waals surface area contributed by atoms with Gasteiger partial charge in [0.1, 0.15) is 5.75 Å². The lowest BCUT2D eigenvalue weighted by Crippen LogP contribution is -2.37. The van der Waals surface area contributed by atoms with Crippen LogP contribution in [0.5, 0.6) is 5.75 Å². The number of aromatic hydroxyl groups is 1. The van der Waals surface area contributed by atoms with E-state index in [4.69, 9.17) is 0 Å². The number of rotatable bonds is 0. The summed E-state index contributed by atoms with van der Waals surface area (Å²) in [6.07, 6.45) is 2.34. The van der Waals surface area contributed by atoms with Crippen molar-refractivity contribution in [2.45, 2.75) is 31.1 Å². The minimum atomic E-state index is 0.0828. The van der Waals surface area contributed by atoms with Gasteiger partial charge in [0.05, 0.1) is 0 Å². The zero-order valence-electron chi connectivity index (χ0n) is 10.5. The smallest absolute Gasteiger partial charge is 0.119 e. The van der Waals surface area contributed by atoms with Crippen LogP contribution in [0.25, 0.3) is 0 Å². The maximum atomic E-state index is 10.2. The van der Waals surface area contributed by atoms with Crippen molar-refractivity contribution in [1.29, 1.82) is 0 Å². The van der Waals surface area contributed by atoms with Crippen LogP contribution in [-0.4, -0.2) is 5.11 Å². The van der Waals surface area contributed by atoms with Crippen LogP contribution in [0.2, 0.25) is 0 Å². The molecule has 0 radical (unpaired) electrons. The fourth-order valence-corrected chi connectivity index (χ4v) is 4.01. The van der Waals surface area contributed by atoms with E-state index >= 15 is 0 Å². The Morgan fingerprint density at radius 2 is 1.83 bits per heavy atom. The highest BCUT2D eigenvalue weighted by Gasteiger charge is 2.45. The molecule has 3 aliphatic rings. The Morgan fingerprint density at radius 1 is 1.06 bits per heavy atom. The van der Waals surface area contributed by atoms with Crippen molar-refractivity contribution in [1.82, 2.24) is 0 Å². The molecular weight excluding hydrogens is 220 g/mol. The van der Waals surface area contributed by atoms with E-state index in [1.165, 1.54) is 28.7 Å². The molecule has 1 heteroatoms. The van der Waals surface area contributed by atoms with Gasteiger partial charge in [0.2, 0.25) is 0 Å². The van der Waals surface area contributed by atoms with E-state index in [-0.39, 0.29) is 5.41 Å². The Hall–Kier alpha value is -1.76. The van der Waals surface area contributed by atoms with Crippen LogP contribution in [0.1, 0.15) is 47.9 Å². The second-order valence-corrected chi connectivity index (χ2v) is 5.75. The lowest BCUT2D eigenvalue weighted by Gasteiger charge is -2.47. The summed E-state index contributed by atoms with van der Waals surface area (Å²) in [7, 11) is 0. The topological polar surface area (TPSA) is 20.2 Å². The average molecular weight is 236 g/mol. The van der Waals surface area contributed by atoms with E-state index < -0.39 is 0 Å². The summed E-state index contributed by atoms with van der Waals surface area (Å²) >= 11 is 0. The van der Waals surface area contributed by atoms with E-state index in [2.05, 4.69) is 37.3 Å². The maximum Gasteiger partial charge on any atom is 0.119 e. The fourth-order valence-electron chi connectivity index (χ4n) is 4.01. The first-order valence-electron chi connectivity index (χ1n) is 6.63. The summed E-state index contributed by atoms with van der Waals surface area (Å²) in [4.78, 5) is 0. The Bertz CT molecular complexity index is 644. The van der Waals surface area contributed by atoms with Crippen LogP contribution in [0.4, 0.5) is 0 Å². The highest BCUT2D eigenvalue weighted by molar-refractivity contribution is 5.61. The molecule has 2 aromatic carbocycles. The number of hydrogen-bond donors (Lipinski definition) is 1. The van der Waals surface area contributed by atoms with Gasteiger partial charge in [-0.25, -0.2) is 0 Å². The Kier molecular flexibility index (Phi) is 1.79. The van der Waals surface area contributed by atoms with Gasteiger partial charge in [-0.1, -0.05) is 43.3 Å². The van der Waals surface area contributed by atoms with Crippen molar-refractivity contribution in [2.75, 3.05) is 0 Å². The minimum absolute atomic E-state index is 0.0828. The van der Waals surface area contributed by atoms with Gasteiger partial charge in [-0.15, -0.1) is 0 Å². The first-order chi connectivity index (χ1) is 8.72. The molecule has 0 amide bonds. The molecule has 2 aromatic rings. The van der Waals surface area contributed by atoms with Crippen molar-refractivity contribution >= 4 is 0 Å². The monoisotopic (exact) mass is 236 g/mol. The Balaban J connectivity index is 2.11. The number of phenols is 1. The SMILES string of the molecule is CC12CCC(c3ccccc31)c1c(O)cccc12. The number of hydrogen-bond acceptors (Lipinski definition) is 1. The molecular formula is C17H16O. The Labute approximate surface area is 107 Å². The third-order valence-electron chi connectivity index (χ3n) is 4.89. The third kappa shape index (κ3) is 1.03. The largest absolute Gasteiger partial charge is 0.508 e. The first kappa shape index (κ1) is 10.2. The molecule has 0 aromatic heterocycles. The van der Waals surface area contributed by atoms with E-state index in [0.29, 0.717) is 11.7 Å². The van der Waals surface area contributed by atoms with Gasteiger partial charge in [0.15, 0.2) is 0 Å². The summed E-state index contributed by atoms with van der Waals surface area (Å²) < 4.78 is 0. The third-order valence-corrected chi connectivity index (χ3v) is 4.89. The van der Waals surface area contributed by atoms with Crippen molar-refractivity contribution in [2.24, 2.45) is 0 Å². The van der Waals surface area contributed by atoms with Crippen molar-refractivity contribution in [3.8, 4) is 5.75 Å². The van der Waals surface area contributed by atoms with E-state index in [0.717, 1.165) is 6.42 Å². The van der Waals surface area contributed by atoms with Crippen molar-refractivity contribution < 1.29 is 5.11 Å². The van der Waals surface area contributed by atoms with Crippen molar-refractivity contribution in [3.05, 3.63) is 64.7 Å². The van der Waals surface area contributed by atoms with Gasteiger partial charge in [0, 0.05) is 16.9 Å². The number of fused-ring (bicyclic) bond motifs is 1. The summed E-state index contributed by atoms with van der Waals surface area (Å²) in [5, 5.41) is 10.2. The summed E-state index contributed by atoms with van der Waals surface area (Å²) in [5.74, 6) is 0.858. The predicted molar refractivity (Wildman–Crippen MR) is 72.1 cm³/mol. The van der Waals surface area contributed by atoms with Gasteiger partial charge < -0.3 is 5.11 Å². The van der Waals surface area contributed by atoms with E-state index in [1.54, 1.807) is 0 Å². The Morgan fingerprint density at radius 3 is 2.72 bits per heavy atom. The lowest BCUT2D eigenvalue weighted by molar-refractivity contribution is 0.381. The second-order valence-electron chi connectivity index (χ2n) is 5.75. The fraction of sp³-hybridized carbons (Fsp3) is 0.294. The van der Waals surface area contributed by atoms with Crippen molar-refractivity contribution in [3.63, 3.8) is 0 Å². The molecule has 1 nitrogen and oxygen atoms in total. The molecule has 2 unspecified atom stereocenters. The zero-order valence-corrected chi connectivity index (χ0v) is 10.5. The molecule has 90 valence electrons. The van der Waals surface area contributed by atoms with Gasteiger partial charge >= 0.3 is 0 Å². The van der Waals surface area contributed by atoms with Crippen LogP contribution in [0, 0.1) is 0 Å². The zero-order chi connectivity index (χ0) is 12.3. The summed E-state index contributed by atoms with van der Waals surface area (Å²) in [6, 6.07) is 14.7. The minimum Gasteiger partial charge on any atom is -0.508 e. The van der Waals surface area contributed by atoms with E-state index in [1.807, 2.05) is 12.1 Å². The van der Waals surface area contributed by atoms with Gasteiger partial charge in [-0.3, -0.25) is 0 Å². The second kappa shape index (κ2) is 3.17. The molecule has 2 atom stereocenters. The molecule has 5 rings (SSSR count). The molecule has 0 saturated carbocycles. The van der Waals surface area contributed by atoms with Gasteiger partial charge in [-0.05, 0) is 35.6 Å². The van der Waals surface area contributed by atoms with Gasteiger partial charge in [-0.2, -0.15) is 0 Å². The molecule has 0 aliphatic heterocycles. The highest BCUT2D eigenvalue weighted by Crippen LogP contribution is 2.57.